The first-order chi connectivity index (χ1) is 13.2. The molecule has 0 aliphatic carbocycles. The number of methoxy groups -OCH3 is 1. The molecule has 0 bridgehead atoms. The molecule has 144 valence electrons. The van der Waals surface area contributed by atoms with Crippen LogP contribution in [0.1, 0.15) is 6.92 Å². The first-order valence-corrected chi connectivity index (χ1v) is 9.32. The molecule has 27 heavy (non-hydrogen) atoms. The lowest BCUT2D eigenvalue weighted by Gasteiger charge is -2.35. The van der Waals surface area contributed by atoms with E-state index in [1.165, 1.54) is 5.69 Å². The molecule has 0 saturated carbocycles. The van der Waals surface area contributed by atoms with Crippen LogP contribution in [0.25, 0.3) is 0 Å². The summed E-state index contributed by atoms with van der Waals surface area (Å²) in [6.07, 6.45) is 0. The Labute approximate surface area is 160 Å². The molecule has 6 heteroatoms. The third-order valence-corrected chi connectivity index (χ3v) is 4.63. The SMILES string of the molecule is CCOc1ccc(NC(=O)CN2CCN(c3ccc(OC)cc3)CC2)cc1. The molecule has 1 heterocycles. The number of anilines is 2. The van der Waals surface area contributed by atoms with Crippen LogP contribution in [-0.4, -0.2) is 57.2 Å². The molecule has 6 nitrogen and oxygen atoms in total. The molecular formula is C21H27N3O3. The largest absolute Gasteiger partial charge is 0.497 e. The second kappa shape index (κ2) is 9.28. The zero-order valence-corrected chi connectivity index (χ0v) is 16.0. The maximum absolute atomic E-state index is 12.3. The molecule has 0 unspecified atom stereocenters. The zero-order chi connectivity index (χ0) is 19.1. The van der Waals surface area contributed by atoms with Gasteiger partial charge in [0, 0.05) is 37.6 Å². The van der Waals surface area contributed by atoms with Crippen LogP contribution in [0.2, 0.25) is 0 Å². The summed E-state index contributed by atoms with van der Waals surface area (Å²) >= 11 is 0. The number of piperazine rings is 1. The second-order valence-electron chi connectivity index (χ2n) is 6.47. The maximum atomic E-state index is 12.3. The van der Waals surface area contributed by atoms with Crippen molar-refractivity contribution in [3.05, 3.63) is 48.5 Å². The summed E-state index contributed by atoms with van der Waals surface area (Å²) in [6.45, 7) is 6.53. The third kappa shape index (κ3) is 5.37. The van der Waals surface area contributed by atoms with Crippen molar-refractivity contribution >= 4 is 17.3 Å². The van der Waals surface area contributed by atoms with E-state index in [1.807, 2.05) is 43.3 Å². The molecule has 0 radical (unpaired) electrons. The lowest BCUT2D eigenvalue weighted by Crippen LogP contribution is -2.48. The molecule has 0 aromatic heterocycles. The van der Waals surface area contributed by atoms with Crippen molar-refractivity contribution in [1.29, 1.82) is 0 Å². The maximum Gasteiger partial charge on any atom is 0.238 e. The summed E-state index contributed by atoms with van der Waals surface area (Å²) in [4.78, 5) is 16.8. The highest BCUT2D eigenvalue weighted by Crippen LogP contribution is 2.20. The summed E-state index contributed by atoms with van der Waals surface area (Å²) in [5.74, 6) is 1.69. The Balaban J connectivity index is 1.44. The lowest BCUT2D eigenvalue weighted by molar-refractivity contribution is -0.117. The molecule has 1 saturated heterocycles. The Bertz CT molecular complexity index is 723. The van der Waals surface area contributed by atoms with Gasteiger partial charge in [0.1, 0.15) is 11.5 Å². The van der Waals surface area contributed by atoms with Gasteiger partial charge in [-0.15, -0.1) is 0 Å². The fraction of sp³-hybridized carbons (Fsp3) is 0.381. The molecule has 2 aromatic rings. The second-order valence-corrected chi connectivity index (χ2v) is 6.47. The Morgan fingerprint density at radius 1 is 0.963 bits per heavy atom. The van der Waals surface area contributed by atoms with Gasteiger partial charge in [0.05, 0.1) is 20.3 Å². The molecule has 0 spiro atoms. The van der Waals surface area contributed by atoms with Crippen molar-refractivity contribution in [2.24, 2.45) is 0 Å². The van der Waals surface area contributed by atoms with Crippen LogP contribution in [-0.2, 0) is 4.79 Å². The minimum absolute atomic E-state index is 0.0112. The summed E-state index contributed by atoms with van der Waals surface area (Å²) in [5, 5.41) is 2.95. The van der Waals surface area contributed by atoms with E-state index in [0.717, 1.165) is 43.4 Å². The Kier molecular flexibility index (Phi) is 6.54. The van der Waals surface area contributed by atoms with E-state index in [1.54, 1.807) is 7.11 Å². The molecule has 1 N–H and O–H groups in total. The van der Waals surface area contributed by atoms with Crippen molar-refractivity contribution in [3.63, 3.8) is 0 Å². The molecule has 1 amide bonds. The number of nitrogens with one attached hydrogen (secondary N) is 1. The highest BCUT2D eigenvalue weighted by molar-refractivity contribution is 5.92. The van der Waals surface area contributed by atoms with E-state index in [0.29, 0.717) is 13.2 Å². The molecule has 2 aromatic carbocycles. The van der Waals surface area contributed by atoms with Crippen LogP contribution >= 0.6 is 0 Å². The Hall–Kier alpha value is -2.73. The number of nitrogens with zero attached hydrogens (tertiary/aromatic N) is 2. The van der Waals surface area contributed by atoms with Crippen molar-refractivity contribution in [2.45, 2.75) is 6.92 Å². The Morgan fingerprint density at radius 2 is 1.59 bits per heavy atom. The van der Waals surface area contributed by atoms with Gasteiger partial charge in [0.15, 0.2) is 0 Å². The van der Waals surface area contributed by atoms with E-state index in [2.05, 4.69) is 27.2 Å². The minimum atomic E-state index is 0.0112. The standard InChI is InChI=1S/C21H27N3O3/c1-3-27-20-8-4-17(5-9-20)22-21(25)16-23-12-14-24(15-13-23)18-6-10-19(26-2)11-7-18/h4-11H,3,12-16H2,1-2H3,(H,22,25). The monoisotopic (exact) mass is 369 g/mol. The highest BCUT2D eigenvalue weighted by Gasteiger charge is 2.19. The van der Waals surface area contributed by atoms with Crippen molar-refractivity contribution in [2.75, 3.05) is 56.7 Å². The lowest BCUT2D eigenvalue weighted by atomic mass is 10.2. The topological polar surface area (TPSA) is 54.0 Å². The smallest absolute Gasteiger partial charge is 0.238 e. The predicted octanol–water partition coefficient (Wildman–Crippen LogP) is 2.85. The van der Waals surface area contributed by atoms with Crippen LogP contribution in [0, 0.1) is 0 Å². The van der Waals surface area contributed by atoms with Crippen molar-refractivity contribution < 1.29 is 14.3 Å². The summed E-state index contributed by atoms with van der Waals surface area (Å²) < 4.78 is 10.6. The fourth-order valence-corrected chi connectivity index (χ4v) is 3.16. The number of carbonyl (C=O) groups excluding carboxylic acids is 1. The van der Waals surface area contributed by atoms with E-state index < -0.39 is 0 Å². The number of hydrogen-bond acceptors (Lipinski definition) is 5. The van der Waals surface area contributed by atoms with Gasteiger partial charge in [0.2, 0.25) is 5.91 Å². The average molecular weight is 369 g/mol. The first kappa shape index (κ1) is 19.0. The molecule has 3 rings (SSSR count). The van der Waals surface area contributed by atoms with E-state index in [4.69, 9.17) is 9.47 Å². The van der Waals surface area contributed by atoms with Crippen LogP contribution < -0.4 is 19.7 Å². The molecule has 0 atom stereocenters. The van der Waals surface area contributed by atoms with E-state index in [-0.39, 0.29) is 5.91 Å². The number of hydrogen-bond donors (Lipinski definition) is 1. The number of amides is 1. The van der Waals surface area contributed by atoms with E-state index in [9.17, 15) is 4.79 Å². The van der Waals surface area contributed by atoms with Crippen LogP contribution in [0.4, 0.5) is 11.4 Å². The van der Waals surface area contributed by atoms with Crippen LogP contribution in [0.3, 0.4) is 0 Å². The number of rotatable bonds is 7. The Morgan fingerprint density at radius 3 is 2.19 bits per heavy atom. The van der Waals surface area contributed by atoms with Crippen molar-refractivity contribution in [1.82, 2.24) is 4.90 Å². The van der Waals surface area contributed by atoms with Gasteiger partial charge in [-0.25, -0.2) is 0 Å². The van der Waals surface area contributed by atoms with Gasteiger partial charge in [-0.3, -0.25) is 9.69 Å². The first-order valence-electron chi connectivity index (χ1n) is 9.32. The van der Waals surface area contributed by atoms with Crippen molar-refractivity contribution in [3.8, 4) is 11.5 Å². The molecule has 1 fully saturated rings. The number of benzene rings is 2. The van der Waals surface area contributed by atoms with Crippen LogP contribution in [0.15, 0.2) is 48.5 Å². The van der Waals surface area contributed by atoms with Gasteiger partial charge in [-0.1, -0.05) is 0 Å². The molecule has 1 aliphatic heterocycles. The van der Waals surface area contributed by atoms with Gasteiger partial charge in [0.25, 0.3) is 0 Å². The average Bonchev–Trinajstić information content (AvgIpc) is 2.70. The normalized spacial score (nSPS) is 14.7. The number of carbonyl (C=O) groups is 1. The van der Waals surface area contributed by atoms with Gasteiger partial charge in [-0.05, 0) is 55.5 Å². The molecular weight excluding hydrogens is 342 g/mol. The summed E-state index contributed by atoms with van der Waals surface area (Å²) in [7, 11) is 1.67. The fourth-order valence-electron chi connectivity index (χ4n) is 3.16. The predicted molar refractivity (Wildman–Crippen MR) is 108 cm³/mol. The zero-order valence-electron chi connectivity index (χ0n) is 16.0. The third-order valence-electron chi connectivity index (χ3n) is 4.63. The van der Waals surface area contributed by atoms with Crippen LogP contribution in [0.5, 0.6) is 11.5 Å². The number of ether oxygens (including phenoxy) is 2. The molecule has 1 aliphatic rings. The van der Waals surface area contributed by atoms with Gasteiger partial charge < -0.3 is 19.7 Å². The van der Waals surface area contributed by atoms with E-state index >= 15 is 0 Å². The summed E-state index contributed by atoms with van der Waals surface area (Å²) in [5.41, 5.74) is 1.98. The van der Waals surface area contributed by atoms with Gasteiger partial charge in [-0.2, -0.15) is 0 Å². The highest BCUT2D eigenvalue weighted by atomic mass is 16.5. The summed E-state index contributed by atoms with van der Waals surface area (Å²) in [6, 6.07) is 15.6. The minimum Gasteiger partial charge on any atom is -0.497 e. The quantitative estimate of drug-likeness (QED) is 0.813. The van der Waals surface area contributed by atoms with Gasteiger partial charge >= 0.3 is 0 Å².